The number of hydrogen-bond donors (Lipinski definition) is 0. The first kappa shape index (κ1) is 20.0. The average Bonchev–Trinajstić information content (AvgIpc) is 3.15. The summed E-state index contributed by atoms with van der Waals surface area (Å²) in [4.78, 5) is 0. The van der Waals surface area contributed by atoms with Crippen molar-refractivity contribution in [1.82, 2.24) is 4.57 Å². The maximum absolute atomic E-state index is 6.10. The van der Waals surface area contributed by atoms with E-state index in [2.05, 4.69) is 0 Å². The van der Waals surface area contributed by atoms with E-state index in [9.17, 15) is 0 Å². The van der Waals surface area contributed by atoms with Gasteiger partial charge in [0.25, 0.3) is 0 Å². The van der Waals surface area contributed by atoms with Crippen LogP contribution in [-0.4, -0.2) is 4.57 Å². The average molecular weight is 419 g/mol. The number of aryl methyl sites for hydroxylation is 3. The molecular weight excluding hydrogens is 395 g/mol. The van der Waals surface area contributed by atoms with Gasteiger partial charge in [0.05, 0.1) is 7.05 Å². The standard InChI is InChI=1S/C24H24N2O3P/c1-19-6-4-8-23(16-19)28-30(29-24-9-5-7-20(2)17-24)27-22-12-10-21(11-13-22)26-15-14-25(3)18-26/h4-18H,1-3H3/q+1. The van der Waals surface area contributed by atoms with Crippen molar-refractivity contribution in [3.63, 3.8) is 0 Å². The van der Waals surface area contributed by atoms with Crippen molar-refractivity contribution >= 4 is 8.60 Å². The normalized spacial score (nSPS) is 10.8. The highest BCUT2D eigenvalue weighted by Crippen LogP contribution is 2.42. The summed E-state index contributed by atoms with van der Waals surface area (Å²) in [6.45, 7) is 4.05. The van der Waals surface area contributed by atoms with Gasteiger partial charge < -0.3 is 13.6 Å². The third-order valence-electron chi connectivity index (χ3n) is 4.42. The van der Waals surface area contributed by atoms with Crippen molar-refractivity contribution in [1.29, 1.82) is 0 Å². The molecule has 0 radical (unpaired) electrons. The van der Waals surface area contributed by atoms with Gasteiger partial charge in [0, 0.05) is 0 Å². The van der Waals surface area contributed by atoms with Crippen LogP contribution in [0.5, 0.6) is 17.2 Å². The summed E-state index contributed by atoms with van der Waals surface area (Å²) < 4.78 is 22.3. The summed E-state index contributed by atoms with van der Waals surface area (Å²) in [5.74, 6) is 2.11. The second kappa shape index (κ2) is 9.02. The molecule has 3 aromatic carbocycles. The molecule has 0 spiro atoms. The van der Waals surface area contributed by atoms with E-state index >= 15 is 0 Å². The van der Waals surface area contributed by atoms with Crippen LogP contribution in [0.25, 0.3) is 5.69 Å². The van der Waals surface area contributed by atoms with Crippen LogP contribution in [0.1, 0.15) is 11.1 Å². The second-order valence-electron chi connectivity index (χ2n) is 7.11. The molecule has 0 aliphatic heterocycles. The van der Waals surface area contributed by atoms with Crippen LogP contribution in [0.3, 0.4) is 0 Å². The Morgan fingerprint density at radius 3 is 1.80 bits per heavy atom. The zero-order chi connectivity index (χ0) is 20.9. The minimum atomic E-state index is -1.68. The van der Waals surface area contributed by atoms with Crippen molar-refractivity contribution in [2.45, 2.75) is 13.8 Å². The Bertz CT molecular complexity index is 1080. The molecule has 5 nitrogen and oxygen atoms in total. The number of nitrogens with zero attached hydrogens (tertiary/aromatic N) is 2. The zero-order valence-corrected chi connectivity index (χ0v) is 18.1. The quantitative estimate of drug-likeness (QED) is 0.286. The zero-order valence-electron chi connectivity index (χ0n) is 17.2. The van der Waals surface area contributed by atoms with Crippen molar-refractivity contribution in [3.8, 4) is 22.9 Å². The smallest absolute Gasteiger partial charge is 0.409 e. The lowest BCUT2D eigenvalue weighted by atomic mass is 10.2. The lowest BCUT2D eigenvalue weighted by Gasteiger charge is -2.18. The topological polar surface area (TPSA) is 36.5 Å². The van der Waals surface area contributed by atoms with E-state index < -0.39 is 8.60 Å². The van der Waals surface area contributed by atoms with Crippen LogP contribution in [0.2, 0.25) is 0 Å². The monoisotopic (exact) mass is 419 g/mol. The molecule has 0 aliphatic rings. The number of hydrogen-bond acceptors (Lipinski definition) is 3. The van der Waals surface area contributed by atoms with Gasteiger partial charge in [-0.2, -0.15) is 0 Å². The van der Waals surface area contributed by atoms with Gasteiger partial charge in [-0.3, -0.25) is 0 Å². The van der Waals surface area contributed by atoms with Crippen LogP contribution in [0, 0.1) is 13.8 Å². The molecule has 0 saturated heterocycles. The SMILES string of the molecule is Cc1cccc(OP(Oc2ccc(-n3cc[n+](C)c3)cc2)Oc2cccc(C)c2)c1. The van der Waals surface area contributed by atoms with E-state index in [-0.39, 0.29) is 0 Å². The number of imidazole rings is 1. The van der Waals surface area contributed by atoms with Gasteiger partial charge in [0.15, 0.2) is 0 Å². The molecule has 152 valence electrons. The largest absolute Gasteiger partial charge is 0.530 e. The molecule has 0 atom stereocenters. The van der Waals surface area contributed by atoms with Gasteiger partial charge in [-0.05, 0) is 73.5 Å². The van der Waals surface area contributed by atoms with E-state index in [0.717, 1.165) is 16.8 Å². The van der Waals surface area contributed by atoms with Crippen LogP contribution in [-0.2, 0) is 7.05 Å². The Morgan fingerprint density at radius 2 is 1.30 bits per heavy atom. The summed E-state index contributed by atoms with van der Waals surface area (Å²) in [5, 5.41) is 0. The van der Waals surface area contributed by atoms with Crippen molar-refractivity contribution in [2.75, 3.05) is 0 Å². The van der Waals surface area contributed by atoms with Crippen LogP contribution >= 0.6 is 8.60 Å². The fourth-order valence-corrected chi connectivity index (χ4v) is 3.92. The predicted molar refractivity (Wildman–Crippen MR) is 118 cm³/mol. The third-order valence-corrected chi connectivity index (χ3v) is 5.50. The Balaban J connectivity index is 1.53. The predicted octanol–water partition coefficient (Wildman–Crippen LogP) is 5.68. The number of aromatic nitrogens is 2. The second-order valence-corrected chi connectivity index (χ2v) is 8.11. The van der Waals surface area contributed by atoms with Crippen molar-refractivity contribution < 1.29 is 18.1 Å². The first-order valence-electron chi connectivity index (χ1n) is 9.66. The minimum Gasteiger partial charge on any atom is -0.409 e. The first-order chi connectivity index (χ1) is 14.5. The lowest BCUT2D eigenvalue weighted by Crippen LogP contribution is -2.23. The Kier molecular flexibility index (Phi) is 6.01. The Labute approximate surface area is 178 Å². The van der Waals surface area contributed by atoms with Crippen LogP contribution < -0.4 is 18.1 Å². The van der Waals surface area contributed by atoms with Gasteiger partial charge in [-0.15, -0.1) is 0 Å². The molecule has 4 rings (SSSR count). The third kappa shape index (κ3) is 5.19. The molecule has 0 aliphatic carbocycles. The molecule has 0 saturated carbocycles. The summed E-state index contributed by atoms with van der Waals surface area (Å²) in [6, 6.07) is 23.5. The highest BCUT2D eigenvalue weighted by atomic mass is 31.2. The molecule has 0 fully saturated rings. The number of rotatable bonds is 7. The van der Waals surface area contributed by atoms with Gasteiger partial charge in [0.2, 0.25) is 6.33 Å². The molecule has 0 N–H and O–H groups in total. The van der Waals surface area contributed by atoms with E-state index in [1.165, 1.54) is 0 Å². The highest BCUT2D eigenvalue weighted by Gasteiger charge is 2.20. The first-order valence-corrected chi connectivity index (χ1v) is 10.8. The maximum atomic E-state index is 6.10. The molecule has 0 unspecified atom stereocenters. The molecule has 0 bridgehead atoms. The fraction of sp³-hybridized carbons (Fsp3) is 0.125. The number of benzene rings is 3. The Hall–Kier alpha value is -3.30. The summed E-state index contributed by atoms with van der Waals surface area (Å²) >= 11 is 0. The summed E-state index contributed by atoms with van der Waals surface area (Å²) in [7, 11) is 0.308. The molecule has 30 heavy (non-hydrogen) atoms. The fourth-order valence-electron chi connectivity index (χ4n) is 2.94. The van der Waals surface area contributed by atoms with Gasteiger partial charge in [0.1, 0.15) is 35.3 Å². The van der Waals surface area contributed by atoms with E-state index in [1.54, 1.807) is 0 Å². The van der Waals surface area contributed by atoms with E-state index in [4.69, 9.17) is 13.6 Å². The summed E-state index contributed by atoms with van der Waals surface area (Å²) in [5.41, 5.74) is 3.27. The molecule has 6 heteroatoms. The van der Waals surface area contributed by atoms with E-state index in [0.29, 0.717) is 17.2 Å². The van der Waals surface area contributed by atoms with Crippen LogP contribution in [0.15, 0.2) is 91.5 Å². The highest BCUT2D eigenvalue weighted by molar-refractivity contribution is 7.43. The molecule has 1 aromatic heterocycles. The molecular formula is C24H24N2O3P+. The Morgan fingerprint density at radius 1 is 0.733 bits per heavy atom. The maximum Gasteiger partial charge on any atom is 0.530 e. The summed E-state index contributed by atoms with van der Waals surface area (Å²) in [6.07, 6.45) is 6.00. The molecule has 0 amide bonds. The molecule has 4 aromatic rings. The van der Waals surface area contributed by atoms with E-state index in [1.807, 2.05) is 122 Å². The van der Waals surface area contributed by atoms with Crippen molar-refractivity contribution in [2.24, 2.45) is 7.05 Å². The van der Waals surface area contributed by atoms with Crippen LogP contribution in [0.4, 0.5) is 0 Å². The van der Waals surface area contributed by atoms with Gasteiger partial charge >= 0.3 is 8.60 Å². The van der Waals surface area contributed by atoms with Gasteiger partial charge in [-0.1, -0.05) is 24.3 Å². The van der Waals surface area contributed by atoms with Crippen molar-refractivity contribution in [3.05, 3.63) is 103 Å². The van der Waals surface area contributed by atoms with Gasteiger partial charge in [-0.25, -0.2) is 9.13 Å². The minimum absolute atomic E-state index is 0.682. The molecule has 1 heterocycles. The lowest BCUT2D eigenvalue weighted by molar-refractivity contribution is -0.670.